The molecule has 0 bridgehead atoms. The second kappa shape index (κ2) is 6.27. The fourth-order valence-electron chi connectivity index (χ4n) is 1.46. The highest BCUT2D eigenvalue weighted by molar-refractivity contribution is 5.96. The number of aromatic nitrogens is 1. The van der Waals surface area contributed by atoms with Crippen LogP contribution in [0.4, 0.5) is 0 Å². The van der Waals surface area contributed by atoms with Crippen LogP contribution >= 0.6 is 0 Å². The van der Waals surface area contributed by atoms with Crippen LogP contribution in [0.5, 0.6) is 0 Å². The van der Waals surface area contributed by atoms with Crippen molar-refractivity contribution in [2.24, 2.45) is 0 Å². The van der Waals surface area contributed by atoms with Gasteiger partial charge in [-0.15, -0.1) is 0 Å². The van der Waals surface area contributed by atoms with Gasteiger partial charge >= 0.3 is 0 Å². The van der Waals surface area contributed by atoms with E-state index in [1.165, 1.54) is 0 Å². The van der Waals surface area contributed by atoms with Crippen molar-refractivity contribution in [1.29, 1.82) is 0 Å². The van der Waals surface area contributed by atoms with Crippen molar-refractivity contribution in [3.05, 3.63) is 17.0 Å². The van der Waals surface area contributed by atoms with E-state index in [0.29, 0.717) is 23.6 Å². The molecule has 90 valence electrons. The van der Waals surface area contributed by atoms with Crippen molar-refractivity contribution < 1.29 is 9.32 Å². The predicted octanol–water partition coefficient (Wildman–Crippen LogP) is 1.02. The Morgan fingerprint density at radius 1 is 1.31 bits per heavy atom. The van der Waals surface area contributed by atoms with E-state index in [2.05, 4.69) is 22.7 Å². The first-order chi connectivity index (χ1) is 7.66. The van der Waals surface area contributed by atoms with Gasteiger partial charge in [-0.25, -0.2) is 0 Å². The number of nitrogens with one attached hydrogen (secondary N) is 2. The van der Waals surface area contributed by atoms with E-state index in [-0.39, 0.29) is 5.91 Å². The highest BCUT2D eigenvalue weighted by atomic mass is 16.5. The molecule has 16 heavy (non-hydrogen) atoms. The topological polar surface area (TPSA) is 67.2 Å². The number of rotatable bonds is 6. The molecule has 0 fully saturated rings. The minimum Gasteiger partial charge on any atom is -0.361 e. The van der Waals surface area contributed by atoms with Gasteiger partial charge in [0.2, 0.25) is 0 Å². The van der Waals surface area contributed by atoms with Crippen LogP contribution in [0.15, 0.2) is 4.52 Å². The molecule has 0 aliphatic heterocycles. The molecule has 0 aliphatic carbocycles. The normalized spacial score (nSPS) is 10.4. The Kier molecular flexibility index (Phi) is 4.98. The lowest BCUT2D eigenvalue weighted by molar-refractivity contribution is 0.0952. The summed E-state index contributed by atoms with van der Waals surface area (Å²) in [6.45, 7) is 7.98. The lowest BCUT2D eigenvalue weighted by Crippen LogP contribution is -2.32. The maximum absolute atomic E-state index is 11.7. The zero-order valence-electron chi connectivity index (χ0n) is 10.1. The standard InChI is InChI=1S/C11H19N3O2/c1-4-5-12-6-7-13-11(15)10-8(2)14-16-9(10)3/h12H,4-7H2,1-3H3,(H,13,15). The minimum atomic E-state index is -0.116. The van der Waals surface area contributed by atoms with Gasteiger partial charge < -0.3 is 15.2 Å². The largest absolute Gasteiger partial charge is 0.361 e. The molecule has 5 heteroatoms. The summed E-state index contributed by atoms with van der Waals surface area (Å²) in [6.07, 6.45) is 1.10. The van der Waals surface area contributed by atoms with Gasteiger partial charge in [0.1, 0.15) is 11.3 Å². The van der Waals surface area contributed by atoms with Gasteiger partial charge in [0.15, 0.2) is 0 Å². The molecule has 5 nitrogen and oxygen atoms in total. The molecule has 0 saturated heterocycles. The first kappa shape index (κ1) is 12.7. The smallest absolute Gasteiger partial charge is 0.256 e. The Balaban J connectivity index is 2.36. The number of carbonyl (C=O) groups excluding carboxylic acids is 1. The van der Waals surface area contributed by atoms with Crippen LogP contribution in [-0.2, 0) is 0 Å². The molecule has 1 heterocycles. The second-order valence-corrected chi connectivity index (χ2v) is 3.71. The predicted molar refractivity (Wildman–Crippen MR) is 61.5 cm³/mol. The van der Waals surface area contributed by atoms with Crippen molar-refractivity contribution in [3.8, 4) is 0 Å². The molecular formula is C11H19N3O2. The van der Waals surface area contributed by atoms with Crippen LogP contribution in [0.2, 0.25) is 0 Å². The number of hydrogen-bond donors (Lipinski definition) is 2. The molecule has 0 atom stereocenters. The average Bonchev–Trinajstić information content (AvgIpc) is 2.58. The zero-order chi connectivity index (χ0) is 12.0. The van der Waals surface area contributed by atoms with Crippen LogP contribution in [0.25, 0.3) is 0 Å². The van der Waals surface area contributed by atoms with Gasteiger partial charge in [-0.1, -0.05) is 12.1 Å². The minimum absolute atomic E-state index is 0.116. The second-order valence-electron chi connectivity index (χ2n) is 3.71. The van der Waals surface area contributed by atoms with E-state index in [1.54, 1.807) is 13.8 Å². The van der Waals surface area contributed by atoms with Crippen LogP contribution < -0.4 is 10.6 Å². The summed E-state index contributed by atoms with van der Waals surface area (Å²) in [5.74, 6) is 0.450. The molecule has 1 aromatic heterocycles. The van der Waals surface area contributed by atoms with E-state index in [0.717, 1.165) is 19.5 Å². The number of nitrogens with zero attached hydrogens (tertiary/aromatic N) is 1. The maximum atomic E-state index is 11.7. The summed E-state index contributed by atoms with van der Waals surface area (Å²) in [7, 11) is 0. The third-order valence-electron chi connectivity index (χ3n) is 2.27. The Hall–Kier alpha value is -1.36. The number of aryl methyl sites for hydroxylation is 2. The number of carbonyl (C=O) groups is 1. The van der Waals surface area contributed by atoms with Gasteiger partial charge in [0.05, 0.1) is 5.69 Å². The Morgan fingerprint density at radius 2 is 2.06 bits per heavy atom. The monoisotopic (exact) mass is 225 g/mol. The van der Waals surface area contributed by atoms with Crippen molar-refractivity contribution >= 4 is 5.91 Å². The van der Waals surface area contributed by atoms with Gasteiger partial charge in [-0.2, -0.15) is 0 Å². The number of hydrogen-bond acceptors (Lipinski definition) is 4. The third kappa shape index (κ3) is 3.34. The van der Waals surface area contributed by atoms with Crippen LogP contribution in [0.1, 0.15) is 35.2 Å². The molecular weight excluding hydrogens is 206 g/mol. The van der Waals surface area contributed by atoms with E-state index in [9.17, 15) is 4.79 Å². The first-order valence-corrected chi connectivity index (χ1v) is 5.58. The molecule has 0 unspecified atom stereocenters. The molecule has 0 radical (unpaired) electrons. The van der Waals surface area contributed by atoms with Gasteiger partial charge in [-0.3, -0.25) is 4.79 Å². The van der Waals surface area contributed by atoms with E-state index in [4.69, 9.17) is 4.52 Å². The van der Waals surface area contributed by atoms with Crippen molar-refractivity contribution in [2.45, 2.75) is 27.2 Å². The summed E-state index contributed by atoms with van der Waals surface area (Å²) in [4.78, 5) is 11.7. The van der Waals surface area contributed by atoms with Gasteiger partial charge in [0, 0.05) is 13.1 Å². The average molecular weight is 225 g/mol. The molecule has 0 saturated carbocycles. The van der Waals surface area contributed by atoms with E-state index in [1.807, 2.05) is 0 Å². The summed E-state index contributed by atoms with van der Waals surface area (Å²) in [5.41, 5.74) is 1.19. The summed E-state index contributed by atoms with van der Waals surface area (Å²) in [5, 5.41) is 9.78. The molecule has 0 aliphatic rings. The molecule has 0 spiro atoms. The molecule has 2 N–H and O–H groups in total. The zero-order valence-corrected chi connectivity index (χ0v) is 10.1. The summed E-state index contributed by atoms with van der Waals surface area (Å²) < 4.78 is 4.93. The molecule has 1 amide bonds. The SMILES string of the molecule is CCCNCCNC(=O)c1c(C)noc1C. The highest BCUT2D eigenvalue weighted by Gasteiger charge is 2.16. The van der Waals surface area contributed by atoms with Crippen LogP contribution in [-0.4, -0.2) is 30.7 Å². The first-order valence-electron chi connectivity index (χ1n) is 5.58. The third-order valence-corrected chi connectivity index (χ3v) is 2.27. The quantitative estimate of drug-likeness (QED) is 0.709. The van der Waals surface area contributed by atoms with Crippen LogP contribution in [0.3, 0.4) is 0 Å². The van der Waals surface area contributed by atoms with Crippen molar-refractivity contribution in [3.63, 3.8) is 0 Å². The molecule has 1 aromatic rings. The lowest BCUT2D eigenvalue weighted by Gasteiger charge is -2.05. The van der Waals surface area contributed by atoms with Crippen LogP contribution in [0, 0.1) is 13.8 Å². The van der Waals surface area contributed by atoms with E-state index < -0.39 is 0 Å². The Bertz CT molecular complexity index is 327. The number of amides is 1. The highest BCUT2D eigenvalue weighted by Crippen LogP contribution is 2.11. The fourth-order valence-corrected chi connectivity index (χ4v) is 1.46. The Labute approximate surface area is 95.6 Å². The fraction of sp³-hybridized carbons (Fsp3) is 0.636. The van der Waals surface area contributed by atoms with Gasteiger partial charge in [0.25, 0.3) is 5.91 Å². The summed E-state index contributed by atoms with van der Waals surface area (Å²) >= 11 is 0. The molecule has 1 rings (SSSR count). The van der Waals surface area contributed by atoms with Crippen molar-refractivity contribution in [2.75, 3.05) is 19.6 Å². The summed E-state index contributed by atoms with van der Waals surface area (Å²) in [6, 6.07) is 0. The maximum Gasteiger partial charge on any atom is 0.256 e. The molecule has 0 aromatic carbocycles. The van der Waals surface area contributed by atoms with Crippen molar-refractivity contribution in [1.82, 2.24) is 15.8 Å². The Morgan fingerprint density at radius 3 is 2.62 bits per heavy atom. The van der Waals surface area contributed by atoms with Gasteiger partial charge in [-0.05, 0) is 26.8 Å². The van der Waals surface area contributed by atoms with E-state index >= 15 is 0 Å². The lowest BCUT2D eigenvalue weighted by atomic mass is 10.2.